The summed E-state index contributed by atoms with van der Waals surface area (Å²) in [5.41, 5.74) is 0. The number of nitrogens with one attached hydrogen (secondary N) is 1. The van der Waals surface area contributed by atoms with E-state index in [1.807, 2.05) is 20.2 Å². The molecular formula is C13H19N7. The van der Waals surface area contributed by atoms with Crippen molar-refractivity contribution in [1.29, 1.82) is 0 Å². The van der Waals surface area contributed by atoms with Gasteiger partial charge in [0.1, 0.15) is 6.33 Å². The van der Waals surface area contributed by atoms with Crippen LogP contribution in [0.25, 0.3) is 5.95 Å². The van der Waals surface area contributed by atoms with E-state index in [2.05, 4.69) is 30.2 Å². The van der Waals surface area contributed by atoms with Gasteiger partial charge in [0.05, 0.1) is 0 Å². The first-order valence-corrected chi connectivity index (χ1v) is 6.99. The molecule has 0 unspecified atom stereocenters. The second-order valence-corrected chi connectivity index (χ2v) is 4.95. The lowest BCUT2D eigenvalue weighted by atomic mass is 9.92. The highest BCUT2D eigenvalue weighted by molar-refractivity contribution is 5.40. The van der Waals surface area contributed by atoms with Gasteiger partial charge in [0.15, 0.2) is 0 Å². The lowest BCUT2D eigenvalue weighted by Crippen LogP contribution is -2.38. The molecule has 1 N–H and O–H groups in total. The number of rotatable bonds is 5. The molecule has 0 amide bonds. The summed E-state index contributed by atoms with van der Waals surface area (Å²) in [5.74, 6) is 1.91. The Morgan fingerprint density at radius 3 is 2.80 bits per heavy atom. The van der Waals surface area contributed by atoms with Crippen molar-refractivity contribution in [2.75, 3.05) is 23.8 Å². The maximum absolute atomic E-state index is 4.55. The average molecular weight is 273 g/mol. The van der Waals surface area contributed by atoms with E-state index in [0.717, 1.165) is 6.54 Å². The summed E-state index contributed by atoms with van der Waals surface area (Å²) in [5, 5.41) is 3.16. The average Bonchev–Trinajstić information content (AvgIpc) is 2.90. The second kappa shape index (κ2) is 5.44. The smallest absolute Gasteiger partial charge is 0.241 e. The Kier molecular flexibility index (Phi) is 3.49. The van der Waals surface area contributed by atoms with E-state index in [9.17, 15) is 0 Å². The van der Waals surface area contributed by atoms with Crippen LogP contribution in [0.3, 0.4) is 0 Å². The van der Waals surface area contributed by atoms with Crippen LogP contribution in [0.2, 0.25) is 0 Å². The molecule has 7 nitrogen and oxygen atoms in total. The van der Waals surface area contributed by atoms with Gasteiger partial charge in [-0.15, -0.1) is 0 Å². The maximum atomic E-state index is 4.55. The summed E-state index contributed by atoms with van der Waals surface area (Å²) in [6.07, 6.45) is 8.94. The molecule has 0 spiro atoms. The van der Waals surface area contributed by atoms with Gasteiger partial charge in [-0.2, -0.15) is 15.0 Å². The van der Waals surface area contributed by atoms with E-state index in [1.54, 1.807) is 17.1 Å². The molecule has 2 heterocycles. The van der Waals surface area contributed by atoms with Crippen molar-refractivity contribution in [3.05, 3.63) is 18.7 Å². The highest BCUT2D eigenvalue weighted by atomic mass is 15.3. The van der Waals surface area contributed by atoms with E-state index in [4.69, 9.17) is 0 Å². The third kappa shape index (κ3) is 2.43. The molecule has 1 aliphatic rings. The van der Waals surface area contributed by atoms with Crippen LogP contribution in [0, 0.1) is 0 Å². The summed E-state index contributed by atoms with van der Waals surface area (Å²) in [7, 11) is 2.05. The van der Waals surface area contributed by atoms with Crippen molar-refractivity contribution in [1.82, 2.24) is 24.5 Å². The lowest BCUT2D eigenvalue weighted by molar-refractivity contribution is 0.397. The number of aromatic nitrogens is 5. The van der Waals surface area contributed by atoms with Crippen molar-refractivity contribution < 1.29 is 0 Å². The number of nitrogens with zero attached hydrogens (tertiary/aromatic N) is 6. The molecule has 1 saturated carbocycles. The number of imidazole rings is 1. The third-order valence-electron chi connectivity index (χ3n) is 3.62. The minimum absolute atomic E-state index is 0.544. The van der Waals surface area contributed by atoms with E-state index in [0.29, 0.717) is 23.9 Å². The molecular weight excluding hydrogens is 254 g/mol. The standard InChI is InChI=1S/C13H19N7/c1-3-15-11-16-12(19(2)10-5-4-6-10)18-13(17-11)20-8-7-14-9-20/h7-10H,3-6H2,1-2H3,(H,15,16,17,18). The van der Waals surface area contributed by atoms with Gasteiger partial charge in [0.2, 0.25) is 17.8 Å². The summed E-state index contributed by atoms with van der Waals surface area (Å²) in [6, 6.07) is 0.544. The minimum atomic E-state index is 0.544. The van der Waals surface area contributed by atoms with E-state index in [1.165, 1.54) is 19.3 Å². The lowest BCUT2D eigenvalue weighted by Gasteiger charge is -2.34. The minimum Gasteiger partial charge on any atom is -0.354 e. The SMILES string of the molecule is CCNc1nc(N(C)C2CCC2)nc(-n2ccnc2)n1. The molecule has 0 aromatic carbocycles. The molecule has 1 fully saturated rings. The summed E-state index contributed by atoms with van der Waals surface area (Å²) in [6.45, 7) is 2.80. The Hall–Kier alpha value is -2.18. The molecule has 20 heavy (non-hydrogen) atoms. The quantitative estimate of drug-likeness (QED) is 0.889. The van der Waals surface area contributed by atoms with E-state index in [-0.39, 0.29) is 0 Å². The molecule has 1 aliphatic carbocycles. The van der Waals surface area contributed by atoms with Crippen molar-refractivity contribution in [3.8, 4) is 5.95 Å². The Bertz CT molecular complexity index is 562. The first kappa shape index (κ1) is 12.8. The molecule has 106 valence electrons. The van der Waals surface area contributed by atoms with Crippen LogP contribution in [0.4, 0.5) is 11.9 Å². The predicted molar refractivity (Wildman–Crippen MR) is 77.2 cm³/mol. The molecule has 0 bridgehead atoms. The molecule has 7 heteroatoms. The number of hydrogen-bond donors (Lipinski definition) is 1. The Balaban J connectivity index is 1.95. The van der Waals surface area contributed by atoms with Gasteiger partial charge < -0.3 is 10.2 Å². The fourth-order valence-corrected chi connectivity index (χ4v) is 2.18. The van der Waals surface area contributed by atoms with Crippen molar-refractivity contribution in [3.63, 3.8) is 0 Å². The normalized spacial score (nSPS) is 14.9. The van der Waals surface area contributed by atoms with Gasteiger partial charge in [-0.1, -0.05) is 0 Å². The van der Waals surface area contributed by atoms with Gasteiger partial charge in [-0.05, 0) is 26.2 Å². The largest absolute Gasteiger partial charge is 0.354 e. The molecule has 0 atom stereocenters. The van der Waals surface area contributed by atoms with Gasteiger partial charge in [0.25, 0.3) is 0 Å². The van der Waals surface area contributed by atoms with E-state index < -0.39 is 0 Å². The fraction of sp³-hybridized carbons (Fsp3) is 0.538. The monoisotopic (exact) mass is 273 g/mol. The molecule has 0 radical (unpaired) electrons. The van der Waals surface area contributed by atoms with Gasteiger partial charge >= 0.3 is 0 Å². The van der Waals surface area contributed by atoms with Crippen molar-refractivity contribution in [2.45, 2.75) is 32.2 Å². The highest BCUT2D eigenvalue weighted by Crippen LogP contribution is 2.26. The van der Waals surface area contributed by atoms with Crippen LogP contribution in [0.1, 0.15) is 26.2 Å². The van der Waals surface area contributed by atoms with Crippen LogP contribution >= 0.6 is 0 Å². The highest BCUT2D eigenvalue weighted by Gasteiger charge is 2.24. The first-order valence-electron chi connectivity index (χ1n) is 6.99. The Morgan fingerprint density at radius 2 is 2.20 bits per heavy atom. The van der Waals surface area contributed by atoms with Gasteiger partial charge in [0, 0.05) is 32.0 Å². The van der Waals surface area contributed by atoms with E-state index >= 15 is 0 Å². The molecule has 0 saturated heterocycles. The maximum Gasteiger partial charge on any atom is 0.241 e. The summed E-state index contributed by atoms with van der Waals surface area (Å²) in [4.78, 5) is 19.6. The molecule has 0 aliphatic heterocycles. The van der Waals surface area contributed by atoms with Gasteiger partial charge in [-0.3, -0.25) is 4.57 Å². The van der Waals surface area contributed by atoms with Crippen LogP contribution in [-0.4, -0.2) is 44.1 Å². The molecule has 2 aromatic rings. The zero-order chi connectivity index (χ0) is 13.9. The van der Waals surface area contributed by atoms with Gasteiger partial charge in [-0.25, -0.2) is 4.98 Å². The Labute approximate surface area is 118 Å². The number of hydrogen-bond acceptors (Lipinski definition) is 6. The summed E-state index contributed by atoms with van der Waals surface area (Å²) < 4.78 is 1.79. The zero-order valence-corrected chi connectivity index (χ0v) is 11.8. The van der Waals surface area contributed by atoms with Crippen LogP contribution in [0.15, 0.2) is 18.7 Å². The zero-order valence-electron chi connectivity index (χ0n) is 11.8. The predicted octanol–water partition coefficient (Wildman–Crippen LogP) is 1.48. The van der Waals surface area contributed by atoms with Crippen LogP contribution in [-0.2, 0) is 0 Å². The molecule has 3 rings (SSSR count). The van der Waals surface area contributed by atoms with Crippen molar-refractivity contribution in [2.24, 2.45) is 0 Å². The van der Waals surface area contributed by atoms with Crippen LogP contribution < -0.4 is 10.2 Å². The second-order valence-electron chi connectivity index (χ2n) is 4.95. The third-order valence-corrected chi connectivity index (χ3v) is 3.62. The summed E-state index contributed by atoms with van der Waals surface area (Å²) >= 11 is 0. The van der Waals surface area contributed by atoms with Crippen molar-refractivity contribution >= 4 is 11.9 Å². The topological polar surface area (TPSA) is 71.8 Å². The fourth-order valence-electron chi connectivity index (χ4n) is 2.18. The first-order chi connectivity index (χ1) is 9.78. The molecule has 2 aromatic heterocycles. The Morgan fingerprint density at radius 1 is 1.35 bits per heavy atom. The number of anilines is 2. The van der Waals surface area contributed by atoms with Crippen LogP contribution in [0.5, 0.6) is 0 Å².